The second kappa shape index (κ2) is 8.19. The zero-order valence-corrected chi connectivity index (χ0v) is 12.0. The lowest BCUT2D eigenvalue weighted by atomic mass is 10.1. The first-order chi connectivity index (χ1) is 9.56. The van der Waals surface area contributed by atoms with Gasteiger partial charge in [-0.2, -0.15) is 0 Å². The Hall–Kier alpha value is -2.04. The normalized spacial score (nSPS) is 11.7. The molecular weight excluding hydrogens is 256 g/mol. The molecule has 0 heterocycles. The highest BCUT2D eigenvalue weighted by molar-refractivity contribution is 5.92. The first-order valence-corrected chi connectivity index (χ1v) is 6.96. The molecule has 0 saturated carbocycles. The van der Waals surface area contributed by atoms with Gasteiger partial charge in [0.2, 0.25) is 0 Å². The molecule has 0 bridgehead atoms. The van der Waals surface area contributed by atoms with Gasteiger partial charge in [-0.05, 0) is 37.0 Å². The van der Waals surface area contributed by atoms with Crippen molar-refractivity contribution in [2.45, 2.75) is 45.6 Å². The number of hydrogen-bond acceptors (Lipinski definition) is 2. The summed E-state index contributed by atoms with van der Waals surface area (Å²) in [5, 5.41) is 13.9. The highest BCUT2D eigenvalue weighted by Crippen LogP contribution is 2.11. The van der Waals surface area contributed by atoms with Crippen molar-refractivity contribution in [3.05, 3.63) is 29.8 Å². The van der Waals surface area contributed by atoms with Gasteiger partial charge in [-0.3, -0.25) is 0 Å². The predicted molar refractivity (Wildman–Crippen MR) is 78.9 cm³/mol. The molecule has 0 aliphatic carbocycles. The average molecular weight is 278 g/mol. The molecule has 0 aliphatic rings. The number of carbonyl (C=O) groups is 2. The number of aryl methyl sites for hydroxylation is 1. The van der Waals surface area contributed by atoms with Crippen LogP contribution in [0.3, 0.4) is 0 Å². The topological polar surface area (TPSA) is 78.4 Å². The van der Waals surface area contributed by atoms with Gasteiger partial charge in [0, 0.05) is 5.69 Å². The van der Waals surface area contributed by atoms with Crippen LogP contribution in [0.2, 0.25) is 0 Å². The lowest BCUT2D eigenvalue weighted by Crippen LogP contribution is -2.42. The van der Waals surface area contributed by atoms with Crippen molar-refractivity contribution in [2.24, 2.45) is 0 Å². The minimum atomic E-state index is -1.03. The smallest absolute Gasteiger partial charge is 0.326 e. The second-order valence-electron chi connectivity index (χ2n) is 4.70. The predicted octanol–water partition coefficient (Wildman–Crippen LogP) is 3.01. The summed E-state index contributed by atoms with van der Waals surface area (Å²) in [6.07, 6.45) is 3.67. The lowest BCUT2D eigenvalue weighted by Gasteiger charge is -2.13. The average Bonchev–Trinajstić information content (AvgIpc) is 2.43. The molecule has 0 fully saturated rings. The van der Waals surface area contributed by atoms with Gasteiger partial charge < -0.3 is 15.7 Å². The van der Waals surface area contributed by atoms with Gasteiger partial charge in [0.05, 0.1) is 0 Å². The number of rotatable bonds is 7. The van der Waals surface area contributed by atoms with Crippen molar-refractivity contribution < 1.29 is 14.7 Å². The van der Waals surface area contributed by atoms with E-state index in [1.165, 1.54) is 5.56 Å². The van der Waals surface area contributed by atoms with Crippen LogP contribution in [-0.4, -0.2) is 23.1 Å². The molecule has 0 aliphatic heterocycles. The molecule has 110 valence electrons. The summed E-state index contributed by atoms with van der Waals surface area (Å²) in [6, 6.07) is 6.23. The van der Waals surface area contributed by atoms with E-state index >= 15 is 0 Å². The molecule has 0 radical (unpaired) electrons. The maximum absolute atomic E-state index is 11.7. The van der Waals surface area contributed by atoms with Crippen molar-refractivity contribution in [1.29, 1.82) is 0 Å². The molecule has 1 atom stereocenters. The molecule has 2 amide bonds. The molecule has 0 spiro atoms. The van der Waals surface area contributed by atoms with Gasteiger partial charge in [-0.1, -0.05) is 32.4 Å². The Kier molecular flexibility index (Phi) is 6.56. The van der Waals surface area contributed by atoms with Crippen LogP contribution in [-0.2, 0) is 11.2 Å². The van der Waals surface area contributed by atoms with Crippen molar-refractivity contribution in [1.82, 2.24) is 5.32 Å². The molecular formula is C15H22N2O3. The number of unbranched alkanes of at least 4 members (excludes halogenated alkanes) is 1. The van der Waals surface area contributed by atoms with E-state index in [0.717, 1.165) is 19.3 Å². The zero-order chi connectivity index (χ0) is 15.0. The van der Waals surface area contributed by atoms with Crippen molar-refractivity contribution >= 4 is 17.7 Å². The van der Waals surface area contributed by atoms with Crippen molar-refractivity contribution in [2.75, 3.05) is 5.32 Å². The summed E-state index contributed by atoms with van der Waals surface area (Å²) in [4.78, 5) is 22.5. The Morgan fingerprint density at radius 1 is 1.20 bits per heavy atom. The second-order valence-corrected chi connectivity index (χ2v) is 4.70. The number of nitrogens with one attached hydrogen (secondary N) is 2. The van der Waals surface area contributed by atoms with Gasteiger partial charge in [-0.15, -0.1) is 0 Å². The zero-order valence-electron chi connectivity index (χ0n) is 12.0. The first-order valence-electron chi connectivity index (χ1n) is 6.96. The first kappa shape index (κ1) is 16.0. The molecule has 5 nitrogen and oxygen atoms in total. The number of aliphatic carboxylic acids is 1. The molecule has 3 N–H and O–H groups in total. The molecule has 20 heavy (non-hydrogen) atoms. The van der Waals surface area contributed by atoms with E-state index in [0.29, 0.717) is 12.1 Å². The van der Waals surface area contributed by atoms with Crippen molar-refractivity contribution in [3.63, 3.8) is 0 Å². The number of hydrogen-bond donors (Lipinski definition) is 3. The van der Waals surface area contributed by atoms with E-state index < -0.39 is 18.0 Å². The van der Waals surface area contributed by atoms with E-state index in [1.54, 1.807) is 6.92 Å². The third kappa shape index (κ3) is 5.30. The number of amides is 2. The standard InChI is InChI=1S/C15H22N2O3/c1-3-5-6-11-7-9-12(10-8-11)16-15(20)17-13(4-2)14(18)19/h7-10,13H,3-6H2,1-2H3,(H,18,19)(H2,16,17,20)/t13-/m1/s1. The van der Waals surface area contributed by atoms with E-state index in [-0.39, 0.29) is 0 Å². The van der Waals surface area contributed by atoms with Crippen LogP contribution in [0, 0.1) is 0 Å². The molecule has 0 saturated heterocycles. The molecule has 5 heteroatoms. The summed E-state index contributed by atoms with van der Waals surface area (Å²) in [6.45, 7) is 3.86. The Morgan fingerprint density at radius 2 is 1.85 bits per heavy atom. The van der Waals surface area contributed by atoms with Crippen LogP contribution >= 0.6 is 0 Å². The Balaban J connectivity index is 2.51. The number of carboxylic acid groups (broad SMARTS) is 1. The molecule has 1 rings (SSSR count). The fourth-order valence-electron chi connectivity index (χ4n) is 1.80. The van der Waals surface area contributed by atoms with Gasteiger partial charge in [0.15, 0.2) is 0 Å². The summed E-state index contributed by atoms with van der Waals surface area (Å²) in [7, 11) is 0. The summed E-state index contributed by atoms with van der Waals surface area (Å²) in [5.74, 6) is -1.03. The molecule has 1 aromatic carbocycles. The Morgan fingerprint density at radius 3 is 2.35 bits per heavy atom. The van der Waals surface area contributed by atoms with Gasteiger partial charge in [0.25, 0.3) is 0 Å². The number of carboxylic acids is 1. The van der Waals surface area contributed by atoms with Gasteiger partial charge in [-0.25, -0.2) is 9.59 Å². The van der Waals surface area contributed by atoms with Crippen LogP contribution in [0.4, 0.5) is 10.5 Å². The van der Waals surface area contributed by atoms with Gasteiger partial charge in [0.1, 0.15) is 6.04 Å². The Bertz CT molecular complexity index is 443. The SMILES string of the molecule is CCCCc1ccc(NC(=O)N[C@H](CC)C(=O)O)cc1. The highest BCUT2D eigenvalue weighted by atomic mass is 16.4. The quantitative estimate of drug-likeness (QED) is 0.717. The van der Waals surface area contributed by atoms with Crippen LogP contribution in [0.25, 0.3) is 0 Å². The fourth-order valence-corrected chi connectivity index (χ4v) is 1.80. The monoisotopic (exact) mass is 278 g/mol. The van der Waals surface area contributed by atoms with Crippen LogP contribution in [0.5, 0.6) is 0 Å². The fraction of sp³-hybridized carbons (Fsp3) is 0.467. The van der Waals surface area contributed by atoms with E-state index in [4.69, 9.17) is 5.11 Å². The molecule has 1 aromatic rings. The van der Waals surface area contributed by atoms with Crippen LogP contribution in [0.15, 0.2) is 24.3 Å². The lowest BCUT2D eigenvalue weighted by molar-refractivity contribution is -0.139. The largest absolute Gasteiger partial charge is 0.480 e. The van der Waals surface area contributed by atoms with E-state index in [1.807, 2.05) is 24.3 Å². The van der Waals surface area contributed by atoms with E-state index in [9.17, 15) is 9.59 Å². The number of carbonyl (C=O) groups excluding carboxylic acids is 1. The van der Waals surface area contributed by atoms with Gasteiger partial charge >= 0.3 is 12.0 Å². The Labute approximate surface area is 119 Å². The summed E-state index contributed by atoms with van der Waals surface area (Å²) >= 11 is 0. The molecule has 0 aromatic heterocycles. The highest BCUT2D eigenvalue weighted by Gasteiger charge is 2.17. The number of anilines is 1. The summed E-state index contributed by atoms with van der Waals surface area (Å²) < 4.78 is 0. The maximum Gasteiger partial charge on any atom is 0.326 e. The summed E-state index contributed by atoms with van der Waals surface area (Å²) in [5.41, 5.74) is 1.89. The van der Waals surface area contributed by atoms with Crippen LogP contribution < -0.4 is 10.6 Å². The molecule has 0 unspecified atom stereocenters. The maximum atomic E-state index is 11.7. The van der Waals surface area contributed by atoms with Crippen LogP contribution in [0.1, 0.15) is 38.7 Å². The number of urea groups is 1. The third-order valence-electron chi connectivity index (χ3n) is 3.04. The van der Waals surface area contributed by atoms with E-state index in [2.05, 4.69) is 17.6 Å². The number of benzene rings is 1. The minimum absolute atomic E-state index is 0.346. The minimum Gasteiger partial charge on any atom is -0.480 e. The third-order valence-corrected chi connectivity index (χ3v) is 3.04. The van der Waals surface area contributed by atoms with Crippen molar-refractivity contribution in [3.8, 4) is 0 Å².